The summed E-state index contributed by atoms with van der Waals surface area (Å²) in [6, 6.07) is 8.06. The second-order valence-corrected chi connectivity index (χ2v) is 7.96. The Labute approximate surface area is 157 Å². The first-order valence-electron chi connectivity index (χ1n) is 8.07. The zero-order valence-electron chi connectivity index (χ0n) is 14.7. The first kappa shape index (κ1) is 20.4. The van der Waals surface area contributed by atoms with Crippen LogP contribution in [0.2, 0.25) is 5.02 Å². The standard InChI is InChI=1S/C18H20ClFN2O3S/c1-4-22(5-2)26(24,25)17-11-13(6-8-15(17)19)18(23)21-16-9-7-14(20)10-12(16)3/h6-11H,4-5H2,1-3H3,(H,21,23). The normalized spacial score (nSPS) is 11.6. The summed E-state index contributed by atoms with van der Waals surface area (Å²) in [4.78, 5) is 12.4. The third kappa shape index (κ3) is 4.23. The summed E-state index contributed by atoms with van der Waals surface area (Å²) in [5, 5.41) is 2.70. The van der Waals surface area contributed by atoms with Gasteiger partial charge in [0.15, 0.2) is 0 Å². The fourth-order valence-electron chi connectivity index (χ4n) is 2.51. The van der Waals surface area contributed by atoms with Crippen LogP contribution in [0.4, 0.5) is 10.1 Å². The number of nitrogens with one attached hydrogen (secondary N) is 1. The largest absolute Gasteiger partial charge is 0.322 e. The highest BCUT2D eigenvalue weighted by Crippen LogP contribution is 2.26. The molecule has 0 aliphatic rings. The van der Waals surface area contributed by atoms with E-state index < -0.39 is 21.7 Å². The van der Waals surface area contributed by atoms with E-state index in [1.165, 1.54) is 40.7 Å². The van der Waals surface area contributed by atoms with Crippen molar-refractivity contribution in [3.8, 4) is 0 Å². The van der Waals surface area contributed by atoms with E-state index in [0.29, 0.717) is 24.3 Å². The van der Waals surface area contributed by atoms with Crippen molar-refractivity contribution in [1.82, 2.24) is 4.31 Å². The van der Waals surface area contributed by atoms with Gasteiger partial charge in [0, 0.05) is 24.3 Å². The Hall–Kier alpha value is -1.96. The van der Waals surface area contributed by atoms with Gasteiger partial charge in [-0.15, -0.1) is 0 Å². The summed E-state index contributed by atoms with van der Waals surface area (Å²) >= 11 is 6.07. The van der Waals surface area contributed by atoms with Crippen LogP contribution in [0, 0.1) is 12.7 Å². The van der Waals surface area contributed by atoms with Gasteiger partial charge in [0.05, 0.1) is 5.02 Å². The van der Waals surface area contributed by atoms with Gasteiger partial charge in [0.25, 0.3) is 5.91 Å². The van der Waals surface area contributed by atoms with Crippen molar-refractivity contribution in [1.29, 1.82) is 0 Å². The van der Waals surface area contributed by atoms with Gasteiger partial charge in [-0.25, -0.2) is 12.8 Å². The lowest BCUT2D eigenvalue weighted by atomic mass is 10.1. The number of hydrogen-bond donors (Lipinski definition) is 1. The Morgan fingerprint density at radius 2 is 1.81 bits per heavy atom. The van der Waals surface area contributed by atoms with Crippen LogP contribution in [0.15, 0.2) is 41.3 Å². The summed E-state index contributed by atoms with van der Waals surface area (Å²) in [7, 11) is -3.80. The minimum absolute atomic E-state index is 0.0476. The molecule has 0 unspecified atom stereocenters. The molecule has 1 N–H and O–H groups in total. The first-order chi connectivity index (χ1) is 12.2. The summed E-state index contributed by atoms with van der Waals surface area (Å²) in [5.74, 6) is -0.910. The van der Waals surface area contributed by atoms with Crippen molar-refractivity contribution < 1.29 is 17.6 Å². The third-order valence-corrected chi connectivity index (χ3v) is 6.48. The number of anilines is 1. The second kappa shape index (κ2) is 8.16. The van der Waals surface area contributed by atoms with Gasteiger partial charge in [-0.05, 0) is 48.9 Å². The van der Waals surface area contributed by atoms with Crippen molar-refractivity contribution in [2.45, 2.75) is 25.7 Å². The van der Waals surface area contributed by atoms with E-state index in [1.807, 2.05) is 0 Å². The monoisotopic (exact) mass is 398 g/mol. The lowest BCUT2D eigenvalue weighted by Crippen LogP contribution is -2.31. The number of halogens is 2. The van der Waals surface area contributed by atoms with Crippen LogP contribution < -0.4 is 5.32 Å². The first-order valence-corrected chi connectivity index (χ1v) is 9.89. The molecule has 5 nitrogen and oxygen atoms in total. The molecule has 0 aliphatic heterocycles. The van der Waals surface area contributed by atoms with E-state index in [4.69, 9.17) is 11.6 Å². The molecule has 26 heavy (non-hydrogen) atoms. The molecule has 0 spiro atoms. The number of amides is 1. The van der Waals surface area contributed by atoms with Gasteiger partial charge in [-0.2, -0.15) is 4.31 Å². The highest BCUT2D eigenvalue weighted by molar-refractivity contribution is 7.89. The van der Waals surface area contributed by atoms with Crippen LogP contribution in [0.5, 0.6) is 0 Å². The Morgan fingerprint density at radius 1 is 1.15 bits per heavy atom. The van der Waals surface area contributed by atoms with E-state index >= 15 is 0 Å². The zero-order valence-corrected chi connectivity index (χ0v) is 16.3. The van der Waals surface area contributed by atoms with Crippen LogP contribution in [0.1, 0.15) is 29.8 Å². The number of nitrogens with zero attached hydrogens (tertiary/aromatic N) is 1. The molecule has 0 saturated carbocycles. The highest BCUT2D eigenvalue weighted by atomic mass is 35.5. The number of carbonyl (C=O) groups excluding carboxylic acids is 1. The van der Waals surface area contributed by atoms with E-state index in [2.05, 4.69) is 5.32 Å². The average Bonchev–Trinajstić information content (AvgIpc) is 2.58. The van der Waals surface area contributed by atoms with E-state index in [9.17, 15) is 17.6 Å². The zero-order chi connectivity index (χ0) is 19.5. The molecule has 0 aliphatic carbocycles. The third-order valence-electron chi connectivity index (χ3n) is 3.95. The molecule has 0 heterocycles. The minimum Gasteiger partial charge on any atom is -0.322 e. The molecule has 140 valence electrons. The Morgan fingerprint density at radius 3 is 2.38 bits per heavy atom. The van der Waals surface area contributed by atoms with Gasteiger partial charge in [-0.1, -0.05) is 25.4 Å². The Bertz CT molecular complexity index is 928. The molecule has 2 aromatic rings. The van der Waals surface area contributed by atoms with Gasteiger partial charge in [0.1, 0.15) is 10.7 Å². The van der Waals surface area contributed by atoms with Crippen LogP contribution in [-0.4, -0.2) is 31.7 Å². The maximum atomic E-state index is 13.2. The number of rotatable bonds is 6. The SMILES string of the molecule is CCN(CC)S(=O)(=O)c1cc(C(=O)Nc2ccc(F)cc2C)ccc1Cl. The predicted octanol–water partition coefficient (Wildman–Crippen LogP) is 4.07. The topological polar surface area (TPSA) is 66.5 Å². The molecule has 0 fully saturated rings. The van der Waals surface area contributed by atoms with Crippen molar-refractivity contribution in [3.63, 3.8) is 0 Å². The van der Waals surface area contributed by atoms with E-state index in [0.717, 1.165) is 0 Å². The average molecular weight is 399 g/mol. The molecule has 2 aromatic carbocycles. The van der Waals surface area contributed by atoms with Crippen molar-refractivity contribution >= 4 is 33.2 Å². The van der Waals surface area contributed by atoms with Gasteiger partial charge in [-0.3, -0.25) is 4.79 Å². The molecule has 0 atom stereocenters. The number of sulfonamides is 1. The maximum Gasteiger partial charge on any atom is 0.255 e. The smallest absolute Gasteiger partial charge is 0.255 e. The van der Waals surface area contributed by atoms with Crippen molar-refractivity contribution in [3.05, 3.63) is 58.4 Å². The molecule has 0 aromatic heterocycles. The molecule has 0 saturated heterocycles. The summed E-state index contributed by atoms with van der Waals surface area (Å²) in [6.45, 7) is 5.70. The number of aryl methyl sites for hydroxylation is 1. The van der Waals surface area contributed by atoms with Gasteiger partial charge in [0.2, 0.25) is 10.0 Å². The summed E-state index contributed by atoms with van der Waals surface area (Å²) < 4.78 is 39.9. The summed E-state index contributed by atoms with van der Waals surface area (Å²) in [5.41, 5.74) is 1.15. The van der Waals surface area contributed by atoms with Gasteiger partial charge < -0.3 is 5.32 Å². The summed E-state index contributed by atoms with van der Waals surface area (Å²) in [6.07, 6.45) is 0. The predicted molar refractivity (Wildman–Crippen MR) is 101 cm³/mol. The fraction of sp³-hybridized carbons (Fsp3) is 0.278. The maximum absolute atomic E-state index is 13.2. The lowest BCUT2D eigenvalue weighted by molar-refractivity contribution is 0.102. The molecule has 0 radical (unpaired) electrons. The van der Waals surface area contributed by atoms with Gasteiger partial charge >= 0.3 is 0 Å². The van der Waals surface area contributed by atoms with Crippen LogP contribution in [0.3, 0.4) is 0 Å². The number of benzene rings is 2. The fourth-order valence-corrected chi connectivity index (χ4v) is 4.47. The minimum atomic E-state index is -3.80. The molecule has 8 heteroatoms. The van der Waals surface area contributed by atoms with Crippen molar-refractivity contribution in [2.24, 2.45) is 0 Å². The second-order valence-electron chi connectivity index (χ2n) is 5.65. The van der Waals surface area contributed by atoms with Crippen LogP contribution >= 0.6 is 11.6 Å². The number of carbonyl (C=O) groups is 1. The Kier molecular flexibility index (Phi) is 6.39. The molecule has 1 amide bonds. The van der Waals surface area contributed by atoms with Crippen LogP contribution in [0.25, 0.3) is 0 Å². The molecule has 2 rings (SSSR count). The quantitative estimate of drug-likeness (QED) is 0.797. The highest BCUT2D eigenvalue weighted by Gasteiger charge is 2.25. The van der Waals surface area contributed by atoms with E-state index in [-0.39, 0.29) is 15.5 Å². The molecule has 0 bridgehead atoms. The number of hydrogen-bond acceptors (Lipinski definition) is 3. The lowest BCUT2D eigenvalue weighted by Gasteiger charge is -2.19. The Balaban J connectivity index is 2.38. The molecular weight excluding hydrogens is 379 g/mol. The molecular formula is C18H20ClFN2O3S. The van der Waals surface area contributed by atoms with E-state index in [1.54, 1.807) is 20.8 Å². The van der Waals surface area contributed by atoms with Crippen LogP contribution in [-0.2, 0) is 10.0 Å². The van der Waals surface area contributed by atoms with Crippen molar-refractivity contribution in [2.75, 3.05) is 18.4 Å².